The standard InChI is InChI=1S/C15H12N/c1-16-14-8-4-2-6-12(14)10-11-13-7-3-5-9-15(13)16/h2-11H,1H2/q-1. The minimum Gasteiger partial charge on any atom is -0.496 e. The average Bonchev–Trinajstić information content (AvgIpc) is 2.49. The number of hydrogen-bond donors (Lipinski definition) is 0. The van der Waals surface area contributed by atoms with Gasteiger partial charge in [-0.1, -0.05) is 48.6 Å². The number of nitrogens with zero attached hydrogens (tertiary/aromatic N) is 1. The summed E-state index contributed by atoms with van der Waals surface area (Å²) in [6.07, 6.45) is 4.28. The van der Waals surface area contributed by atoms with E-state index in [1.807, 2.05) is 29.2 Å². The van der Waals surface area contributed by atoms with Crippen molar-refractivity contribution < 1.29 is 0 Å². The molecular weight excluding hydrogens is 194 g/mol. The third kappa shape index (κ3) is 1.33. The fourth-order valence-corrected chi connectivity index (χ4v) is 2.06. The summed E-state index contributed by atoms with van der Waals surface area (Å²) in [7, 11) is 4.13. The topological polar surface area (TPSA) is 3.24 Å². The average molecular weight is 206 g/mol. The van der Waals surface area contributed by atoms with Gasteiger partial charge < -0.3 is 4.90 Å². The molecule has 0 N–H and O–H groups in total. The van der Waals surface area contributed by atoms with Crippen LogP contribution >= 0.6 is 0 Å². The molecule has 2 aromatic rings. The van der Waals surface area contributed by atoms with Crippen LogP contribution in [0.2, 0.25) is 0 Å². The van der Waals surface area contributed by atoms with Gasteiger partial charge in [-0.3, -0.25) is 7.05 Å². The Bertz CT molecular complexity index is 505. The van der Waals surface area contributed by atoms with Gasteiger partial charge in [-0.2, -0.15) is 0 Å². The zero-order valence-electron chi connectivity index (χ0n) is 8.93. The predicted molar refractivity (Wildman–Crippen MR) is 69.3 cm³/mol. The van der Waals surface area contributed by atoms with Crippen molar-refractivity contribution in [1.82, 2.24) is 0 Å². The highest BCUT2D eigenvalue weighted by molar-refractivity contribution is 5.88. The second-order valence-electron chi connectivity index (χ2n) is 3.88. The maximum Gasteiger partial charge on any atom is 0.0185 e. The molecule has 1 aliphatic heterocycles. The molecule has 1 nitrogen and oxygen atoms in total. The molecule has 0 spiro atoms. The van der Waals surface area contributed by atoms with Crippen LogP contribution in [0.5, 0.6) is 0 Å². The summed E-state index contributed by atoms with van der Waals surface area (Å²) in [6.45, 7) is 0. The number of anilines is 2. The molecule has 0 bridgehead atoms. The zero-order chi connectivity index (χ0) is 11.0. The van der Waals surface area contributed by atoms with Gasteiger partial charge in [-0.05, 0) is 23.3 Å². The maximum atomic E-state index is 4.13. The molecule has 0 fully saturated rings. The minimum absolute atomic E-state index is 1.14. The van der Waals surface area contributed by atoms with Gasteiger partial charge in [0.2, 0.25) is 0 Å². The number of fused-ring (bicyclic) bond motifs is 2. The highest BCUT2D eigenvalue weighted by atomic mass is 15.1. The van der Waals surface area contributed by atoms with Crippen molar-refractivity contribution in [2.75, 3.05) is 4.90 Å². The van der Waals surface area contributed by atoms with E-state index >= 15 is 0 Å². The Hall–Kier alpha value is -2.02. The van der Waals surface area contributed by atoms with Crippen molar-refractivity contribution in [2.45, 2.75) is 0 Å². The van der Waals surface area contributed by atoms with E-state index in [1.54, 1.807) is 0 Å². The SMILES string of the molecule is [CH2-]N1c2ccccc2C=Cc2ccccc21. The van der Waals surface area contributed by atoms with Crippen molar-refractivity contribution in [2.24, 2.45) is 0 Å². The van der Waals surface area contributed by atoms with Crippen molar-refractivity contribution >= 4 is 23.5 Å². The van der Waals surface area contributed by atoms with Gasteiger partial charge in [0.1, 0.15) is 0 Å². The zero-order valence-corrected chi connectivity index (χ0v) is 8.93. The molecule has 0 unspecified atom stereocenters. The van der Waals surface area contributed by atoms with Crippen LogP contribution in [0.3, 0.4) is 0 Å². The lowest BCUT2D eigenvalue weighted by Crippen LogP contribution is -2.07. The lowest BCUT2D eigenvalue weighted by molar-refractivity contribution is 1.28. The van der Waals surface area contributed by atoms with Crippen LogP contribution in [0, 0.1) is 7.05 Å². The van der Waals surface area contributed by atoms with Crippen molar-refractivity contribution in [3.8, 4) is 0 Å². The fraction of sp³-hybridized carbons (Fsp3) is 0. The van der Waals surface area contributed by atoms with Gasteiger partial charge >= 0.3 is 0 Å². The van der Waals surface area contributed by atoms with E-state index in [-0.39, 0.29) is 0 Å². The number of benzene rings is 2. The van der Waals surface area contributed by atoms with E-state index in [1.165, 1.54) is 11.1 Å². The van der Waals surface area contributed by atoms with Gasteiger partial charge in [0, 0.05) is 11.4 Å². The van der Waals surface area contributed by atoms with Gasteiger partial charge in [0.05, 0.1) is 0 Å². The Morgan fingerprint density at radius 2 is 1.12 bits per heavy atom. The van der Waals surface area contributed by atoms with E-state index in [0.717, 1.165) is 11.4 Å². The molecule has 0 atom stereocenters. The summed E-state index contributed by atoms with van der Waals surface area (Å²) in [5.41, 5.74) is 4.69. The van der Waals surface area contributed by atoms with Crippen LogP contribution in [-0.2, 0) is 0 Å². The van der Waals surface area contributed by atoms with Gasteiger partial charge in [0.25, 0.3) is 0 Å². The Balaban J connectivity index is 2.26. The van der Waals surface area contributed by atoms with Crippen LogP contribution < -0.4 is 4.90 Å². The Morgan fingerprint density at radius 3 is 1.62 bits per heavy atom. The Labute approximate surface area is 95.6 Å². The second kappa shape index (κ2) is 3.53. The van der Waals surface area contributed by atoms with Crippen molar-refractivity contribution in [3.63, 3.8) is 0 Å². The first kappa shape index (κ1) is 9.22. The lowest BCUT2D eigenvalue weighted by Gasteiger charge is -2.30. The highest BCUT2D eigenvalue weighted by Gasteiger charge is 2.08. The molecule has 0 aliphatic carbocycles. The second-order valence-corrected chi connectivity index (χ2v) is 3.88. The normalized spacial score (nSPS) is 12.9. The first-order chi connectivity index (χ1) is 7.86. The molecule has 1 heteroatoms. The molecule has 2 aromatic carbocycles. The van der Waals surface area contributed by atoms with E-state index in [4.69, 9.17) is 0 Å². The smallest absolute Gasteiger partial charge is 0.0185 e. The van der Waals surface area contributed by atoms with Gasteiger partial charge in [-0.15, -0.1) is 0 Å². The third-order valence-corrected chi connectivity index (χ3v) is 2.90. The van der Waals surface area contributed by atoms with Crippen LogP contribution in [0.1, 0.15) is 11.1 Å². The number of hydrogen-bond acceptors (Lipinski definition) is 1. The van der Waals surface area contributed by atoms with Crippen LogP contribution in [-0.4, -0.2) is 0 Å². The van der Waals surface area contributed by atoms with E-state index in [0.29, 0.717) is 0 Å². The lowest BCUT2D eigenvalue weighted by atomic mass is 10.1. The van der Waals surface area contributed by atoms with Crippen LogP contribution in [0.15, 0.2) is 48.5 Å². The molecule has 1 aliphatic rings. The van der Waals surface area contributed by atoms with E-state index < -0.39 is 0 Å². The molecule has 0 aromatic heterocycles. The summed E-state index contributed by atoms with van der Waals surface area (Å²) in [6, 6.07) is 16.6. The summed E-state index contributed by atoms with van der Waals surface area (Å²) >= 11 is 0. The number of para-hydroxylation sites is 2. The first-order valence-corrected chi connectivity index (χ1v) is 5.33. The van der Waals surface area contributed by atoms with Crippen molar-refractivity contribution in [3.05, 3.63) is 66.7 Å². The van der Waals surface area contributed by atoms with Gasteiger partial charge in [0.15, 0.2) is 0 Å². The fourth-order valence-electron chi connectivity index (χ4n) is 2.06. The Kier molecular flexibility index (Phi) is 2.03. The van der Waals surface area contributed by atoms with Crippen LogP contribution in [0.25, 0.3) is 12.2 Å². The number of rotatable bonds is 0. The minimum atomic E-state index is 1.14. The van der Waals surface area contributed by atoms with Crippen LogP contribution in [0.4, 0.5) is 11.4 Å². The first-order valence-electron chi connectivity index (χ1n) is 5.33. The summed E-state index contributed by atoms with van der Waals surface area (Å²) in [5, 5.41) is 0. The summed E-state index contributed by atoms with van der Waals surface area (Å²) in [5.74, 6) is 0. The van der Waals surface area contributed by atoms with E-state index in [9.17, 15) is 0 Å². The summed E-state index contributed by atoms with van der Waals surface area (Å²) in [4.78, 5) is 1.99. The molecule has 3 rings (SSSR count). The van der Waals surface area contributed by atoms with Crippen molar-refractivity contribution in [1.29, 1.82) is 0 Å². The maximum absolute atomic E-state index is 4.13. The quantitative estimate of drug-likeness (QED) is 0.586. The molecule has 16 heavy (non-hydrogen) atoms. The Morgan fingerprint density at radius 1 is 0.688 bits per heavy atom. The van der Waals surface area contributed by atoms with Gasteiger partial charge in [-0.25, -0.2) is 0 Å². The molecular formula is C15H12N-. The monoisotopic (exact) mass is 206 g/mol. The molecule has 0 saturated heterocycles. The molecule has 0 radical (unpaired) electrons. The third-order valence-electron chi connectivity index (χ3n) is 2.90. The molecule has 1 heterocycles. The molecule has 78 valence electrons. The largest absolute Gasteiger partial charge is 0.496 e. The predicted octanol–water partition coefficient (Wildman–Crippen LogP) is 4.10. The molecule has 0 amide bonds. The highest BCUT2D eigenvalue weighted by Crippen LogP contribution is 2.34. The summed E-state index contributed by atoms with van der Waals surface area (Å²) < 4.78 is 0. The molecule has 0 saturated carbocycles. The van der Waals surface area contributed by atoms with E-state index in [2.05, 4.69) is 43.5 Å².